The van der Waals surface area contributed by atoms with Crippen molar-refractivity contribution in [3.63, 3.8) is 0 Å². The number of carbonyl (C=O) groups is 8. The summed E-state index contributed by atoms with van der Waals surface area (Å²) in [6, 6.07) is 41.5. The van der Waals surface area contributed by atoms with Gasteiger partial charge in [0.2, 0.25) is 23.0 Å². The third-order valence-electron chi connectivity index (χ3n) is 15.6. The highest BCUT2D eigenvalue weighted by Crippen LogP contribution is 2.45. The van der Waals surface area contributed by atoms with Gasteiger partial charge in [-0.2, -0.15) is 0 Å². The Morgan fingerprint density at radius 3 is 0.959 bits per heavy atom. The number of hydrogen-bond acceptors (Lipinski definition) is 23. The highest BCUT2D eigenvalue weighted by atomic mass is 16.6. The van der Waals surface area contributed by atoms with Crippen LogP contribution in [0.1, 0.15) is 134 Å². The summed E-state index contributed by atoms with van der Waals surface area (Å²) in [5, 5.41) is 40.9. The molecule has 508 valence electrons. The zero-order valence-electron chi connectivity index (χ0n) is 53.8. The maximum Gasteiger partial charge on any atom is 0.204 e. The van der Waals surface area contributed by atoms with Crippen molar-refractivity contribution in [1.82, 2.24) is 0 Å². The SMILES string of the molecule is COc1ccc(C(=O)CCC(=O)c2ccc3c(c2O)OCCO3)cc1.COc1cccc(C(=O)CCC(=O)c2ccc3c(c2O)OCCO3)c1.COc1ccccc1C(=O)CCC(=O)c1ccc2c(c1O)OCCO2.O=C(CCC(=O)c1ccc2c(c1O)OCCO2)c1ccccc1. The molecule has 0 amide bonds. The fraction of sp³-hybridized carbons (Fsp3) is 0.253. The minimum absolute atomic E-state index is 0.00192. The van der Waals surface area contributed by atoms with E-state index in [0.29, 0.717) is 115 Å². The topological polar surface area (TPSA) is 319 Å². The molecule has 4 aliphatic rings. The summed E-state index contributed by atoms with van der Waals surface area (Å²) >= 11 is 0. The summed E-state index contributed by atoms with van der Waals surface area (Å²) < 4.78 is 58.1. The van der Waals surface area contributed by atoms with Crippen molar-refractivity contribution in [3.8, 4) is 86.2 Å². The van der Waals surface area contributed by atoms with Gasteiger partial charge in [0.05, 0.1) is 49.1 Å². The Balaban J connectivity index is 0.000000153. The Morgan fingerprint density at radius 2 is 0.592 bits per heavy atom. The number of phenols is 4. The average Bonchev–Trinajstić information content (AvgIpc) is 0.826. The van der Waals surface area contributed by atoms with E-state index in [0.717, 1.165) is 0 Å². The Morgan fingerprint density at radius 1 is 0.286 bits per heavy atom. The summed E-state index contributed by atoms with van der Waals surface area (Å²) in [4.78, 5) is 98.2. The molecule has 0 spiro atoms. The smallest absolute Gasteiger partial charge is 0.204 e. The van der Waals surface area contributed by atoms with Crippen molar-refractivity contribution in [2.45, 2.75) is 51.4 Å². The quantitative estimate of drug-likeness (QED) is 0.0432. The van der Waals surface area contributed by atoms with Crippen LogP contribution in [-0.2, 0) is 0 Å². The molecule has 0 fully saturated rings. The molecule has 8 aromatic rings. The minimum atomic E-state index is -0.335. The van der Waals surface area contributed by atoms with Crippen LogP contribution in [0, 0.1) is 0 Å². The lowest BCUT2D eigenvalue weighted by Crippen LogP contribution is -2.16. The number of ether oxygens (including phenoxy) is 11. The molecule has 0 aliphatic carbocycles. The van der Waals surface area contributed by atoms with Gasteiger partial charge in [-0.1, -0.05) is 54.6 Å². The second kappa shape index (κ2) is 34.0. The van der Waals surface area contributed by atoms with Crippen LogP contribution in [0.2, 0.25) is 0 Å². The van der Waals surface area contributed by atoms with E-state index in [1.807, 2.05) is 6.07 Å². The number of fused-ring (bicyclic) bond motifs is 4. The number of rotatable bonds is 23. The van der Waals surface area contributed by atoms with E-state index in [-0.39, 0.29) is 166 Å². The molecule has 0 unspecified atom stereocenters. The molecule has 0 saturated carbocycles. The number of methoxy groups -OCH3 is 3. The highest BCUT2D eigenvalue weighted by molar-refractivity contribution is 6.07. The molecule has 0 radical (unpaired) electrons. The first-order valence-corrected chi connectivity index (χ1v) is 31.2. The number of hydrogen-bond donors (Lipinski definition) is 4. The van der Waals surface area contributed by atoms with E-state index in [1.54, 1.807) is 128 Å². The molecule has 0 bridgehead atoms. The molecule has 4 heterocycles. The van der Waals surface area contributed by atoms with Crippen LogP contribution >= 0.6 is 0 Å². The van der Waals surface area contributed by atoms with Crippen molar-refractivity contribution in [2.24, 2.45) is 0 Å². The van der Waals surface area contributed by atoms with E-state index in [4.69, 9.17) is 52.1 Å². The second-order valence-electron chi connectivity index (χ2n) is 21.9. The van der Waals surface area contributed by atoms with Gasteiger partial charge in [-0.05, 0) is 97.1 Å². The van der Waals surface area contributed by atoms with E-state index >= 15 is 0 Å². The molecule has 0 atom stereocenters. The maximum atomic E-state index is 12.4. The van der Waals surface area contributed by atoms with Crippen molar-refractivity contribution < 1.29 is 111 Å². The average molecular weight is 1340 g/mol. The third-order valence-corrected chi connectivity index (χ3v) is 15.6. The van der Waals surface area contributed by atoms with Crippen molar-refractivity contribution in [1.29, 1.82) is 0 Å². The van der Waals surface area contributed by atoms with Crippen molar-refractivity contribution >= 4 is 46.3 Å². The first kappa shape index (κ1) is 70.4. The van der Waals surface area contributed by atoms with Crippen LogP contribution in [0.5, 0.6) is 86.2 Å². The molecule has 98 heavy (non-hydrogen) atoms. The lowest BCUT2D eigenvalue weighted by atomic mass is 10.00. The molecular weight excluding hydrogens is 1270 g/mol. The van der Waals surface area contributed by atoms with E-state index in [9.17, 15) is 58.8 Å². The standard InChI is InChI=1S/3C19H18O6.C18H16O5/c1-23-13-4-2-12(3-5-13)15(20)7-8-16(21)14-6-9-17-19(18(14)22)25-11-10-24-17;1-23-13-4-2-3-12(11-13)15(20)6-7-16(21)14-5-8-17-19(18(14)22)25-10-9-24-17;1-23-16-5-3-2-4-12(16)14(20)7-8-15(21)13-6-9-17-19(18(13)22)25-11-10-24-17;19-14(12-4-2-1-3-5-12)7-8-15(20)13-6-9-16-18(17(13)21)23-11-10-22-16/h2-6,9,22H,7-8,10-11H2,1H3;2-5,8,11,22H,6-7,9-10H2,1H3;2-6,9,22H,7-8,10-11H2,1H3;1-6,9,21H,7-8,10-11H2. The summed E-state index contributed by atoms with van der Waals surface area (Å²) in [5.74, 6) is 1.26. The number of para-hydroxylation sites is 1. The van der Waals surface area contributed by atoms with Crippen molar-refractivity contribution in [3.05, 3.63) is 196 Å². The van der Waals surface area contributed by atoms with Crippen LogP contribution in [-0.4, -0.2) is 141 Å². The van der Waals surface area contributed by atoms with E-state index < -0.39 is 0 Å². The first-order chi connectivity index (χ1) is 47.5. The van der Waals surface area contributed by atoms with Crippen LogP contribution in [0.3, 0.4) is 0 Å². The van der Waals surface area contributed by atoms with Gasteiger partial charge in [0, 0.05) is 68.1 Å². The van der Waals surface area contributed by atoms with Gasteiger partial charge in [-0.25, -0.2) is 0 Å². The number of benzene rings is 8. The second-order valence-corrected chi connectivity index (χ2v) is 21.9. The van der Waals surface area contributed by atoms with Gasteiger partial charge >= 0.3 is 0 Å². The van der Waals surface area contributed by atoms with Crippen LogP contribution in [0.15, 0.2) is 152 Å². The molecule has 4 N–H and O–H groups in total. The first-order valence-electron chi connectivity index (χ1n) is 31.2. The van der Waals surface area contributed by atoms with E-state index in [2.05, 4.69) is 0 Å². The molecule has 12 rings (SSSR count). The zero-order valence-corrected chi connectivity index (χ0v) is 53.8. The number of ketones is 8. The van der Waals surface area contributed by atoms with Gasteiger partial charge in [-0.3, -0.25) is 38.4 Å². The summed E-state index contributed by atoms with van der Waals surface area (Å²) in [7, 11) is 4.57. The monoisotopic (exact) mass is 1340 g/mol. The Labute approximate surface area is 562 Å². The normalized spacial score (nSPS) is 12.6. The van der Waals surface area contributed by atoms with Gasteiger partial charge in [0.25, 0.3) is 0 Å². The number of carbonyl (C=O) groups excluding carboxylic acids is 8. The maximum absolute atomic E-state index is 12.4. The highest BCUT2D eigenvalue weighted by Gasteiger charge is 2.28. The lowest BCUT2D eigenvalue weighted by molar-refractivity contribution is 0.0913. The predicted molar refractivity (Wildman–Crippen MR) is 353 cm³/mol. The minimum Gasteiger partial charge on any atom is -0.504 e. The fourth-order valence-electron chi connectivity index (χ4n) is 10.4. The molecule has 23 heteroatoms. The number of phenolic OH excluding ortho intramolecular Hbond substituents is 4. The molecular formula is C75H70O23. The molecule has 0 saturated heterocycles. The summed E-state index contributed by atoms with van der Waals surface area (Å²) in [6.07, 6.45) is 0.203. The predicted octanol–water partition coefficient (Wildman–Crippen LogP) is 12.1. The largest absolute Gasteiger partial charge is 0.504 e. The van der Waals surface area contributed by atoms with Gasteiger partial charge in [0.1, 0.15) is 70.1 Å². The molecule has 8 aromatic carbocycles. The Kier molecular flexibility index (Phi) is 24.4. The van der Waals surface area contributed by atoms with Crippen LogP contribution in [0.25, 0.3) is 0 Å². The summed E-state index contributed by atoms with van der Waals surface area (Å²) in [6.45, 7) is 2.86. The van der Waals surface area contributed by atoms with E-state index in [1.165, 1.54) is 38.5 Å². The van der Waals surface area contributed by atoms with Gasteiger partial charge in [-0.15, -0.1) is 0 Å². The van der Waals surface area contributed by atoms with Gasteiger partial charge in [0.15, 0.2) is 92.3 Å². The van der Waals surface area contributed by atoms with Gasteiger partial charge < -0.3 is 72.5 Å². The summed E-state index contributed by atoms with van der Waals surface area (Å²) in [5.41, 5.74) is 2.54. The Bertz CT molecular complexity index is 4230. The molecule has 0 aromatic heterocycles. The molecule has 4 aliphatic heterocycles. The van der Waals surface area contributed by atoms with Crippen LogP contribution in [0.4, 0.5) is 0 Å². The third kappa shape index (κ3) is 17.7. The Hall–Kier alpha value is -11.9. The fourth-order valence-corrected chi connectivity index (χ4v) is 10.4. The lowest BCUT2D eigenvalue weighted by Gasteiger charge is -2.20. The zero-order chi connectivity index (χ0) is 69.7. The number of Topliss-reactive ketones (excluding diaryl/α,β-unsaturated/α-hetero) is 8. The van der Waals surface area contributed by atoms with Crippen molar-refractivity contribution in [2.75, 3.05) is 74.2 Å². The molecule has 23 nitrogen and oxygen atoms in total. The number of aromatic hydroxyl groups is 4. The van der Waals surface area contributed by atoms with Crippen LogP contribution < -0.4 is 52.1 Å².